The highest BCUT2D eigenvalue weighted by Gasteiger charge is 2.42. The van der Waals surface area contributed by atoms with Crippen molar-refractivity contribution in [3.63, 3.8) is 0 Å². The molecule has 2 unspecified atom stereocenters. The van der Waals surface area contributed by atoms with Crippen LogP contribution in [0.25, 0.3) is 0 Å². The molecule has 1 aromatic carbocycles. The van der Waals surface area contributed by atoms with Crippen molar-refractivity contribution in [3.8, 4) is 0 Å². The zero-order chi connectivity index (χ0) is 10.2. The van der Waals surface area contributed by atoms with Gasteiger partial charge >= 0.3 is 0 Å². The summed E-state index contributed by atoms with van der Waals surface area (Å²) < 4.78 is 5.71. The SMILES string of the molecule is C[Si](C)(C)CC1OC1c1ccccc1. The second-order valence-electron chi connectivity index (χ2n) is 5.27. The Kier molecular flexibility index (Phi) is 2.50. The van der Waals surface area contributed by atoms with Gasteiger partial charge in [0.25, 0.3) is 0 Å². The van der Waals surface area contributed by atoms with Crippen LogP contribution in [0.5, 0.6) is 0 Å². The quantitative estimate of drug-likeness (QED) is 0.545. The molecule has 1 fully saturated rings. The summed E-state index contributed by atoms with van der Waals surface area (Å²) >= 11 is 0. The maximum absolute atomic E-state index is 5.71. The molecule has 0 amide bonds. The summed E-state index contributed by atoms with van der Waals surface area (Å²) in [6.07, 6.45) is 0.895. The van der Waals surface area contributed by atoms with Crippen LogP contribution in [0, 0.1) is 0 Å². The topological polar surface area (TPSA) is 12.5 Å². The molecule has 0 aliphatic carbocycles. The first-order valence-corrected chi connectivity index (χ1v) is 8.97. The molecule has 0 saturated carbocycles. The Hall–Kier alpha value is -0.603. The van der Waals surface area contributed by atoms with Crippen molar-refractivity contribution in [1.82, 2.24) is 0 Å². The second kappa shape index (κ2) is 3.52. The first-order valence-electron chi connectivity index (χ1n) is 5.27. The van der Waals surface area contributed by atoms with E-state index in [4.69, 9.17) is 4.74 Å². The molecule has 0 N–H and O–H groups in total. The highest BCUT2D eigenvalue weighted by Crippen LogP contribution is 2.43. The van der Waals surface area contributed by atoms with Crippen LogP contribution in [0.15, 0.2) is 30.3 Å². The van der Waals surface area contributed by atoms with E-state index in [-0.39, 0.29) is 0 Å². The molecular formula is C12H18OSi. The average Bonchev–Trinajstić information content (AvgIpc) is 2.82. The lowest BCUT2D eigenvalue weighted by Gasteiger charge is -2.12. The molecule has 0 aromatic heterocycles. The molecule has 2 atom stereocenters. The number of epoxide rings is 1. The van der Waals surface area contributed by atoms with Gasteiger partial charge in [0, 0.05) is 8.07 Å². The Morgan fingerprint density at radius 1 is 1.14 bits per heavy atom. The Bertz CT molecular complexity index is 302. The van der Waals surface area contributed by atoms with Gasteiger partial charge in [0.1, 0.15) is 6.10 Å². The lowest BCUT2D eigenvalue weighted by Crippen LogP contribution is -2.21. The van der Waals surface area contributed by atoms with Gasteiger partial charge < -0.3 is 4.74 Å². The first kappa shape index (κ1) is 9.93. The highest BCUT2D eigenvalue weighted by molar-refractivity contribution is 6.76. The Balaban J connectivity index is 1.94. The monoisotopic (exact) mass is 206 g/mol. The van der Waals surface area contributed by atoms with Gasteiger partial charge in [-0.15, -0.1) is 0 Å². The van der Waals surface area contributed by atoms with Crippen molar-refractivity contribution in [2.45, 2.75) is 37.9 Å². The van der Waals surface area contributed by atoms with E-state index in [1.54, 1.807) is 0 Å². The van der Waals surface area contributed by atoms with Gasteiger partial charge in [0.2, 0.25) is 0 Å². The van der Waals surface area contributed by atoms with Gasteiger partial charge in [0.15, 0.2) is 0 Å². The van der Waals surface area contributed by atoms with Gasteiger partial charge in [-0.1, -0.05) is 50.0 Å². The number of ether oxygens (including phenoxy) is 1. The smallest absolute Gasteiger partial charge is 0.109 e. The summed E-state index contributed by atoms with van der Waals surface area (Å²) in [7, 11) is -0.957. The maximum Gasteiger partial charge on any atom is 0.109 e. The molecule has 0 radical (unpaired) electrons. The molecule has 2 rings (SSSR count). The maximum atomic E-state index is 5.71. The van der Waals surface area contributed by atoms with E-state index < -0.39 is 8.07 Å². The van der Waals surface area contributed by atoms with Crippen LogP contribution in [0.3, 0.4) is 0 Å². The third kappa shape index (κ3) is 2.46. The lowest BCUT2D eigenvalue weighted by atomic mass is 10.1. The fraction of sp³-hybridized carbons (Fsp3) is 0.500. The molecule has 0 spiro atoms. The molecule has 1 saturated heterocycles. The van der Waals surface area contributed by atoms with Crippen LogP contribution < -0.4 is 0 Å². The molecule has 0 bridgehead atoms. The predicted octanol–water partition coefficient (Wildman–Crippen LogP) is 3.46. The number of hydrogen-bond donors (Lipinski definition) is 0. The van der Waals surface area contributed by atoms with Crippen molar-refractivity contribution in [3.05, 3.63) is 35.9 Å². The Labute approximate surface area is 87.1 Å². The fourth-order valence-corrected chi connectivity index (χ4v) is 3.35. The summed E-state index contributed by atoms with van der Waals surface area (Å²) in [6.45, 7) is 7.20. The molecule has 1 aromatic rings. The minimum atomic E-state index is -0.957. The van der Waals surface area contributed by atoms with Gasteiger partial charge in [-0.2, -0.15) is 0 Å². The van der Waals surface area contributed by atoms with Crippen molar-refractivity contribution >= 4 is 8.07 Å². The molecule has 1 aliphatic rings. The van der Waals surface area contributed by atoms with Crippen LogP contribution in [0.1, 0.15) is 11.7 Å². The largest absolute Gasteiger partial charge is 0.365 e. The minimum absolute atomic E-state index is 0.392. The molecule has 1 heterocycles. The molecule has 1 aliphatic heterocycles. The van der Waals surface area contributed by atoms with Gasteiger partial charge in [0.05, 0.1) is 6.10 Å². The van der Waals surface area contributed by atoms with Crippen LogP contribution in [0.2, 0.25) is 25.7 Å². The normalized spacial score (nSPS) is 26.2. The van der Waals surface area contributed by atoms with Crippen molar-refractivity contribution < 1.29 is 4.74 Å². The fourth-order valence-electron chi connectivity index (χ4n) is 1.84. The summed E-state index contributed by atoms with van der Waals surface area (Å²) in [5, 5.41) is 0. The van der Waals surface area contributed by atoms with Gasteiger partial charge in [-0.05, 0) is 11.6 Å². The van der Waals surface area contributed by atoms with E-state index in [9.17, 15) is 0 Å². The van der Waals surface area contributed by atoms with E-state index in [0.717, 1.165) is 0 Å². The third-order valence-electron chi connectivity index (χ3n) is 2.52. The van der Waals surface area contributed by atoms with Crippen LogP contribution in [-0.2, 0) is 4.74 Å². The standard InChI is InChI=1S/C12H18OSi/c1-14(2,3)9-11-12(13-11)10-7-5-4-6-8-10/h4-8,11-12H,9H2,1-3H3. The molecular weight excluding hydrogens is 188 g/mol. The summed E-state index contributed by atoms with van der Waals surface area (Å²) in [5.41, 5.74) is 1.34. The third-order valence-corrected chi connectivity index (χ3v) is 4.15. The van der Waals surface area contributed by atoms with E-state index >= 15 is 0 Å². The van der Waals surface area contributed by atoms with E-state index in [1.165, 1.54) is 11.6 Å². The van der Waals surface area contributed by atoms with Crippen molar-refractivity contribution in [1.29, 1.82) is 0 Å². The Morgan fingerprint density at radius 3 is 2.36 bits per heavy atom. The second-order valence-corrected chi connectivity index (χ2v) is 10.8. The average molecular weight is 206 g/mol. The number of rotatable bonds is 3. The summed E-state index contributed by atoms with van der Waals surface area (Å²) in [4.78, 5) is 0. The van der Waals surface area contributed by atoms with Crippen LogP contribution >= 0.6 is 0 Å². The van der Waals surface area contributed by atoms with Crippen molar-refractivity contribution in [2.24, 2.45) is 0 Å². The minimum Gasteiger partial charge on any atom is -0.365 e. The zero-order valence-corrected chi connectivity index (χ0v) is 10.2. The van der Waals surface area contributed by atoms with Crippen LogP contribution in [0.4, 0.5) is 0 Å². The molecule has 14 heavy (non-hydrogen) atoms. The highest BCUT2D eigenvalue weighted by atomic mass is 28.3. The molecule has 2 heteroatoms. The van der Waals surface area contributed by atoms with E-state index in [1.807, 2.05) is 0 Å². The van der Waals surface area contributed by atoms with Crippen molar-refractivity contribution in [2.75, 3.05) is 0 Å². The number of hydrogen-bond acceptors (Lipinski definition) is 1. The lowest BCUT2D eigenvalue weighted by molar-refractivity contribution is 0.382. The predicted molar refractivity (Wildman–Crippen MR) is 62.2 cm³/mol. The summed E-state index contributed by atoms with van der Waals surface area (Å²) in [5.74, 6) is 0. The Morgan fingerprint density at radius 2 is 1.79 bits per heavy atom. The molecule has 1 nitrogen and oxygen atoms in total. The number of benzene rings is 1. The van der Waals surface area contributed by atoms with Gasteiger partial charge in [-0.25, -0.2) is 0 Å². The van der Waals surface area contributed by atoms with Crippen LogP contribution in [-0.4, -0.2) is 14.2 Å². The van der Waals surface area contributed by atoms with Gasteiger partial charge in [-0.3, -0.25) is 0 Å². The summed E-state index contributed by atoms with van der Waals surface area (Å²) in [6, 6.07) is 11.8. The first-order chi connectivity index (χ1) is 6.56. The molecule has 76 valence electrons. The van der Waals surface area contributed by atoms with E-state index in [0.29, 0.717) is 12.2 Å². The zero-order valence-electron chi connectivity index (χ0n) is 9.16. The van der Waals surface area contributed by atoms with E-state index in [2.05, 4.69) is 50.0 Å².